The molecule has 1 aliphatic rings. The molecule has 2 aromatic carbocycles. The molecule has 41 heavy (non-hydrogen) atoms. The van der Waals surface area contributed by atoms with Crippen LogP contribution in [-0.2, 0) is 9.53 Å². The summed E-state index contributed by atoms with van der Waals surface area (Å²) >= 11 is 3.50. The molecule has 0 fully saturated rings. The first kappa shape index (κ1) is 28.9. The summed E-state index contributed by atoms with van der Waals surface area (Å²) in [6.07, 6.45) is 1.71. The van der Waals surface area contributed by atoms with Gasteiger partial charge in [-0.25, -0.2) is 9.79 Å². The summed E-state index contributed by atoms with van der Waals surface area (Å²) in [6.45, 7) is 8.39. The summed E-state index contributed by atoms with van der Waals surface area (Å²) in [5, 5.41) is 0. The van der Waals surface area contributed by atoms with Crippen LogP contribution in [0, 0.1) is 3.57 Å². The number of nitrogens with zero attached hydrogens (tertiary/aromatic N) is 2. The number of hydrogen-bond donors (Lipinski definition) is 0. The third-order valence-corrected chi connectivity index (χ3v) is 8.13. The van der Waals surface area contributed by atoms with Crippen molar-refractivity contribution in [1.82, 2.24) is 4.57 Å². The van der Waals surface area contributed by atoms with E-state index in [2.05, 4.69) is 27.6 Å². The Morgan fingerprint density at radius 2 is 1.76 bits per heavy atom. The first-order valence-electron chi connectivity index (χ1n) is 13.3. The van der Waals surface area contributed by atoms with E-state index in [1.165, 1.54) is 11.3 Å². The molecule has 1 atom stereocenters. The molecule has 10 heteroatoms. The van der Waals surface area contributed by atoms with Crippen LogP contribution in [0.1, 0.15) is 45.1 Å². The van der Waals surface area contributed by atoms with Gasteiger partial charge in [0.15, 0.2) is 16.3 Å². The predicted octanol–water partition coefficient (Wildman–Crippen LogP) is 5.46. The highest BCUT2D eigenvalue weighted by Crippen LogP contribution is 2.36. The number of allylic oxidation sites excluding steroid dienone is 1. The van der Waals surface area contributed by atoms with Crippen LogP contribution >= 0.6 is 33.9 Å². The maximum absolute atomic E-state index is 13.9. The zero-order valence-electron chi connectivity index (χ0n) is 23.1. The van der Waals surface area contributed by atoms with E-state index in [1.807, 2.05) is 62.4 Å². The van der Waals surface area contributed by atoms with E-state index >= 15 is 0 Å². The number of halogens is 1. The van der Waals surface area contributed by atoms with Gasteiger partial charge in [-0.2, -0.15) is 0 Å². The van der Waals surface area contributed by atoms with Crippen molar-refractivity contribution >= 4 is 46.0 Å². The molecule has 0 bridgehead atoms. The van der Waals surface area contributed by atoms with Crippen LogP contribution in [0.2, 0.25) is 0 Å². The lowest BCUT2D eigenvalue weighted by atomic mass is 9.95. The normalized spacial score (nSPS) is 15.0. The minimum absolute atomic E-state index is 0.196. The fourth-order valence-corrected chi connectivity index (χ4v) is 6.06. The summed E-state index contributed by atoms with van der Waals surface area (Å²) in [6, 6.07) is 16.4. The van der Waals surface area contributed by atoms with Crippen LogP contribution in [0.5, 0.6) is 11.5 Å². The van der Waals surface area contributed by atoms with E-state index in [9.17, 15) is 9.59 Å². The summed E-state index contributed by atoms with van der Waals surface area (Å²) in [5.41, 5.74) is 2.14. The smallest absolute Gasteiger partial charge is 0.338 e. The molecule has 0 aliphatic carbocycles. The van der Waals surface area contributed by atoms with Gasteiger partial charge in [-0.3, -0.25) is 9.36 Å². The molecule has 0 saturated carbocycles. The lowest BCUT2D eigenvalue weighted by Gasteiger charge is -2.25. The van der Waals surface area contributed by atoms with Gasteiger partial charge in [-0.1, -0.05) is 29.5 Å². The highest BCUT2D eigenvalue weighted by molar-refractivity contribution is 14.1. The monoisotopic (exact) mass is 684 g/mol. The summed E-state index contributed by atoms with van der Waals surface area (Å²) < 4.78 is 26.2. The second-order valence-electron chi connectivity index (χ2n) is 9.08. The SMILES string of the molecule is CCOC(=O)C1=C(C)N=c2s/c(=C\c3ccc(-c4ccc(I)cc4)o3)c(=O)n2[C@@H]1c1ccc(OCC)c(OCC)c1. The maximum Gasteiger partial charge on any atom is 0.338 e. The molecule has 2 aromatic heterocycles. The second kappa shape index (κ2) is 12.5. The van der Waals surface area contributed by atoms with Crippen LogP contribution in [0.15, 0.2) is 80.1 Å². The molecular weight excluding hydrogens is 655 g/mol. The lowest BCUT2D eigenvalue weighted by Crippen LogP contribution is -2.40. The molecule has 0 spiro atoms. The van der Waals surface area contributed by atoms with Crippen molar-refractivity contribution in [3.8, 4) is 22.8 Å². The van der Waals surface area contributed by atoms with Crippen LogP contribution < -0.4 is 24.4 Å². The largest absolute Gasteiger partial charge is 0.490 e. The average Bonchev–Trinajstić information content (AvgIpc) is 3.54. The number of aromatic nitrogens is 1. The number of carbonyl (C=O) groups excluding carboxylic acids is 1. The maximum atomic E-state index is 13.9. The van der Waals surface area contributed by atoms with E-state index in [0.29, 0.717) is 62.4 Å². The van der Waals surface area contributed by atoms with Crippen molar-refractivity contribution in [2.75, 3.05) is 19.8 Å². The summed E-state index contributed by atoms with van der Waals surface area (Å²) in [7, 11) is 0. The van der Waals surface area contributed by atoms with E-state index in [-0.39, 0.29) is 12.2 Å². The highest BCUT2D eigenvalue weighted by Gasteiger charge is 2.34. The molecule has 8 nitrogen and oxygen atoms in total. The number of ether oxygens (including phenoxy) is 3. The Balaban J connectivity index is 1.64. The second-order valence-corrected chi connectivity index (χ2v) is 11.3. The van der Waals surface area contributed by atoms with Gasteiger partial charge in [-0.05, 0) is 92.2 Å². The Morgan fingerprint density at radius 1 is 1.02 bits per heavy atom. The molecular formula is C31H29IN2O6S. The zero-order chi connectivity index (χ0) is 29.1. The molecule has 0 N–H and O–H groups in total. The van der Waals surface area contributed by atoms with Gasteiger partial charge in [0.25, 0.3) is 5.56 Å². The molecule has 0 saturated heterocycles. The topological polar surface area (TPSA) is 92.3 Å². The van der Waals surface area contributed by atoms with Crippen molar-refractivity contribution in [1.29, 1.82) is 0 Å². The molecule has 4 aromatic rings. The van der Waals surface area contributed by atoms with Crippen molar-refractivity contribution in [2.24, 2.45) is 4.99 Å². The minimum Gasteiger partial charge on any atom is -0.490 e. The van der Waals surface area contributed by atoms with Crippen LogP contribution in [0.4, 0.5) is 0 Å². The summed E-state index contributed by atoms with van der Waals surface area (Å²) in [4.78, 5) is 32.3. The number of thiazole rings is 1. The van der Waals surface area contributed by atoms with Crippen molar-refractivity contribution in [2.45, 2.75) is 33.7 Å². The predicted molar refractivity (Wildman–Crippen MR) is 166 cm³/mol. The van der Waals surface area contributed by atoms with E-state index in [1.54, 1.807) is 30.6 Å². The van der Waals surface area contributed by atoms with Crippen LogP contribution in [-0.4, -0.2) is 30.4 Å². The van der Waals surface area contributed by atoms with Crippen molar-refractivity contribution in [3.05, 3.63) is 100 Å². The van der Waals surface area contributed by atoms with E-state index in [4.69, 9.17) is 18.6 Å². The molecule has 1 aliphatic heterocycles. The number of esters is 1. The Bertz CT molecular complexity index is 1800. The summed E-state index contributed by atoms with van der Waals surface area (Å²) in [5.74, 6) is 1.85. The van der Waals surface area contributed by atoms with Crippen LogP contribution in [0.3, 0.4) is 0 Å². The molecule has 0 radical (unpaired) electrons. The first-order valence-corrected chi connectivity index (χ1v) is 15.2. The first-order chi connectivity index (χ1) is 19.8. The molecule has 3 heterocycles. The number of furan rings is 1. The number of hydrogen-bond acceptors (Lipinski definition) is 8. The molecule has 0 amide bonds. The lowest BCUT2D eigenvalue weighted by molar-refractivity contribution is -0.139. The van der Waals surface area contributed by atoms with Gasteiger partial charge in [0.2, 0.25) is 0 Å². The number of carbonyl (C=O) groups is 1. The van der Waals surface area contributed by atoms with E-state index in [0.717, 1.165) is 9.13 Å². The van der Waals surface area contributed by atoms with Crippen molar-refractivity contribution in [3.63, 3.8) is 0 Å². The van der Waals surface area contributed by atoms with Gasteiger partial charge >= 0.3 is 5.97 Å². The zero-order valence-corrected chi connectivity index (χ0v) is 26.1. The number of benzene rings is 2. The molecule has 0 unspecified atom stereocenters. The van der Waals surface area contributed by atoms with Crippen molar-refractivity contribution < 1.29 is 23.4 Å². The van der Waals surface area contributed by atoms with E-state index < -0.39 is 12.0 Å². The third-order valence-electron chi connectivity index (χ3n) is 6.43. The standard InChI is InChI=1S/C31H29IN2O6S/c1-5-37-24-14-10-20(16-25(24)38-6-2)28-27(30(36)39-7-3)18(4)33-31-34(28)29(35)26(41-31)17-22-13-15-23(40-22)19-8-11-21(32)12-9-19/h8-17,28H,5-7H2,1-4H3/b26-17-/t28-/m1/s1. The van der Waals surface area contributed by atoms with Gasteiger partial charge in [0.1, 0.15) is 11.5 Å². The number of rotatable bonds is 9. The van der Waals surface area contributed by atoms with Crippen LogP contribution in [0.25, 0.3) is 17.4 Å². The fourth-order valence-electron chi connectivity index (χ4n) is 4.67. The number of fused-ring (bicyclic) bond motifs is 1. The van der Waals surface area contributed by atoms with Gasteiger partial charge < -0.3 is 18.6 Å². The highest BCUT2D eigenvalue weighted by atomic mass is 127. The average molecular weight is 685 g/mol. The Morgan fingerprint density at radius 3 is 2.46 bits per heavy atom. The van der Waals surface area contributed by atoms with Gasteiger partial charge in [-0.15, -0.1) is 0 Å². The Kier molecular flexibility index (Phi) is 8.79. The Hall–Kier alpha value is -3.64. The van der Waals surface area contributed by atoms with Gasteiger partial charge in [0, 0.05) is 15.2 Å². The molecule has 5 rings (SSSR count). The third kappa shape index (κ3) is 5.89. The van der Waals surface area contributed by atoms with Gasteiger partial charge in [0.05, 0.1) is 41.7 Å². The molecule has 212 valence electrons. The Labute approximate surface area is 254 Å². The quantitative estimate of drug-likeness (QED) is 0.172. The fraction of sp³-hybridized carbons (Fsp3) is 0.258. The minimum atomic E-state index is -0.763.